The molecule has 6 nitrogen and oxygen atoms in total. The summed E-state index contributed by atoms with van der Waals surface area (Å²) in [4.78, 5) is 20.6. The summed E-state index contributed by atoms with van der Waals surface area (Å²) in [6, 6.07) is 16.0. The number of benzene rings is 2. The highest BCUT2D eigenvalue weighted by Gasteiger charge is 2.10. The van der Waals surface area contributed by atoms with Gasteiger partial charge in [0.05, 0.1) is 0 Å². The van der Waals surface area contributed by atoms with E-state index in [0.717, 1.165) is 5.56 Å². The lowest BCUT2D eigenvalue weighted by Crippen LogP contribution is -2.34. The van der Waals surface area contributed by atoms with Crippen LogP contribution in [0.15, 0.2) is 71.3 Å². The van der Waals surface area contributed by atoms with Crippen molar-refractivity contribution in [1.29, 1.82) is 0 Å². The molecule has 0 aliphatic heterocycles. The van der Waals surface area contributed by atoms with Gasteiger partial charge in [-0.15, -0.1) is 0 Å². The number of pyridine rings is 1. The molecule has 0 spiro atoms. The molecule has 0 fully saturated rings. The first-order chi connectivity index (χ1) is 13.6. The number of carbonyl (C=O) groups is 1. The first-order valence-corrected chi connectivity index (χ1v) is 8.69. The van der Waals surface area contributed by atoms with Crippen LogP contribution in [0.2, 0.25) is 0 Å². The lowest BCUT2D eigenvalue weighted by Gasteiger charge is -2.10. The highest BCUT2D eigenvalue weighted by Crippen LogP contribution is 2.24. The molecule has 0 unspecified atom stereocenters. The summed E-state index contributed by atoms with van der Waals surface area (Å²) in [6.07, 6.45) is 1.66. The quantitative estimate of drug-likeness (QED) is 0.510. The van der Waals surface area contributed by atoms with Gasteiger partial charge < -0.3 is 9.73 Å². The first-order valence-electron chi connectivity index (χ1n) is 8.28. The SMILES string of the molecule is O=C(NC(=S)Nc1ccc(-c2nc3ncccc3o2)cc1)c1ccc(F)cc1. The lowest BCUT2D eigenvalue weighted by atomic mass is 10.2. The van der Waals surface area contributed by atoms with Crippen LogP contribution >= 0.6 is 12.2 Å². The summed E-state index contributed by atoms with van der Waals surface area (Å²) in [5, 5.41) is 5.60. The van der Waals surface area contributed by atoms with E-state index in [-0.39, 0.29) is 5.11 Å². The molecule has 0 bridgehead atoms. The number of oxazole rings is 1. The fourth-order valence-corrected chi connectivity index (χ4v) is 2.74. The van der Waals surface area contributed by atoms with Crippen molar-refractivity contribution in [2.45, 2.75) is 0 Å². The second-order valence-electron chi connectivity index (χ2n) is 5.84. The average molecular weight is 392 g/mol. The predicted octanol–water partition coefficient (Wildman–Crippen LogP) is 4.16. The minimum atomic E-state index is -0.423. The van der Waals surface area contributed by atoms with Crippen LogP contribution in [0.1, 0.15) is 10.4 Å². The van der Waals surface area contributed by atoms with Crippen LogP contribution < -0.4 is 10.6 Å². The molecule has 1 amide bonds. The van der Waals surface area contributed by atoms with Crippen molar-refractivity contribution in [1.82, 2.24) is 15.3 Å². The number of rotatable bonds is 3. The fraction of sp³-hybridized carbons (Fsp3) is 0. The van der Waals surface area contributed by atoms with Gasteiger partial charge >= 0.3 is 0 Å². The molecular weight excluding hydrogens is 379 g/mol. The molecule has 2 N–H and O–H groups in total. The second kappa shape index (κ2) is 7.53. The number of hydrogen-bond donors (Lipinski definition) is 2. The number of halogens is 1. The number of aromatic nitrogens is 2. The Morgan fingerprint density at radius 1 is 1.04 bits per heavy atom. The largest absolute Gasteiger partial charge is 0.434 e. The van der Waals surface area contributed by atoms with Crippen LogP contribution in [-0.2, 0) is 0 Å². The van der Waals surface area contributed by atoms with E-state index in [2.05, 4.69) is 20.6 Å². The third-order valence-corrected chi connectivity index (χ3v) is 4.09. The summed E-state index contributed by atoms with van der Waals surface area (Å²) >= 11 is 5.15. The summed E-state index contributed by atoms with van der Waals surface area (Å²) in [5.41, 5.74) is 2.94. The number of thiocarbonyl (C=S) groups is 1. The van der Waals surface area contributed by atoms with Gasteiger partial charge in [0.2, 0.25) is 5.89 Å². The van der Waals surface area contributed by atoms with Crippen molar-refractivity contribution in [2.75, 3.05) is 5.32 Å². The Kier molecular flexibility index (Phi) is 4.77. The predicted molar refractivity (Wildman–Crippen MR) is 107 cm³/mol. The fourth-order valence-electron chi connectivity index (χ4n) is 2.53. The zero-order valence-corrected chi connectivity index (χ0v) is 15.2. The monoisotopic (exact) mass is 392 g/mol. The number of fused-ring (bicyclic) bond motifs is 1. The zero-order valence-electron chi connectivity index (χ0n) is 14.3. The number of nitrogens with zero attached hydrogens (tertiary/aromatic N) is 2. The standard InChI is InChI=1S/C20H13FN4O2S/c21-14-7-3-12(4-8-14)18(26)25-20(28)23-15-9-5-13(6-10-15)19-24-17-16(27-19)2-1-11-22-17/h1-11H,(H2,23,25,26,28). The second-order valence-corrected chi connectivity index (χ2v) is 6.24. The smallest absolute Gasteiger partial charge is 0.257 e. The van der Waals surface area contributed by atoms with E-state index in [9.17, 15) is 9.18 Å². The van der Waals surface area contributed by atoms with Crippen molar-refractivity contribution >= 4 is 40.2 Å². The van der Waals surface area contributed by atoms with Gasteiger partial charge in [0.1, 0.15) is 5.82 Å². The van der Waals surface area contributed by atoms with Crippen LogP contribution in [0.4, 0.5) is 10.1 Å². The van der Waals surface area contributed by atoms with Gasteiger partial charge in [-0.1, -0.05) is 0 Å². The molecule has 28 heavy (non-hydrogen) atoms. The minimum absolute atomic E-state index is 0.133. The van der Waals surface area contributed by atoms with E-state index in [4.69, 9.17) is 16.6 Å². The number of anilines is 1. The van der Waals surface area contributed by atoms with Crippen molar-refractivity contribution in [2.24, 2.45) is 0 Å². The number of amides is 1. The Morgan fingerprint density at radius 3 is 2.50 bits per heavy atom. The molecule has 2 aromatic heterocycles. The van der Waals surface area contributed by atoms with Crippen LogP contribution in [0.5, 0.6) is 0 Å². The molecule has 138 valence electrons. The van der Waals surface area contributed by atoms with E-state index < -0.39 is 11.7 Å². The molecule has 0 aliphatic rings. The Labute approximate surface area is 164 Å². The van der Waals surface area contributed by atoms with Gasteiger partial charge in [0.25, 0.3) is 5.91 Å². The normalized spacial score (nSPS) is 10.6. The summed E-state index contributed by atoms with van der Waals surface area (Å²) in [6.45, 7) is 0. The van der Waals surface area contributed by atoms with Crippen molar-refractivity contribution < 1.29 is 13.6 Å². The molecule has 0 aliphatic carbocycles. The molecule has 2 heterocycles. The summed E-state index contributed by atoms with van der Waals surface area (Å²) < 4.78 is 18.6. The molecule has 0 atom stereocenters. The van der Waals surface area contributed by atoms with Gasteiger partial charge in [-0.3, -0.25) is 10.1 Å². The highest BCUT2D eigenvalue weighted by atomic mass is 32.1. The van der Waals surface area contributed by atoms with Gasteiger partial charge in [-0.05, 0) is 72.9 Å². The first kappa shape index (κ1) is 17.7. The highest BCUT2D eigenvalue weighted by molar-refractivity contribution is 7.80. The van der Waals surface area contributed by atoms with Crippen LogP contribution in [0.25, 0.3) is 22.7 Å². The van der Waals surface area contributed by atoms with E-state index in [1.807, 2.05) is 12.1 Å². The number of nitrogens with one attached hydrogen (secondary N) is 2. The maximum absolute atomic E-state index is 12.9. The molecular formula is C20H13FN4O2S. The number of carbonyl (C=O) groups excluding carboxylic acids is 1. The molecule has 2 aromatic carbocycles. The van der Waals surface area contributed by atoms with Crippen molar-refractivity contribution in [3.8, 4) is 11.5 Å². The third kappa shape index (κ3) is 3.86. The topological polar surface area (TPSA) is 80.0 Å². The Balaban J connectivity index is 1.41. The van der Waals surface area contributed by atoms with Crippen LogP contribution in [-0.4, -0.2) is 21.0 Å². The van der Waals surface area contributed by atoms with E-state index in [0.29, 0.717) is 28.4 Å². The van der Waals surface area contributed by atoms with Gasteiger partial charge in [-0.2, -0.15) is 4.98 Å². The Morgan fingerprint density at radius 2 is 1.79 bits per heavy atom. The van der Waals surface area contributed by atoms with Gasteiger partial charge in [-0.25, -0.2) is 9.37 Å². The maximum Gasteiger partial charge on any atom is 0.257 e. The lowest BCUT2D eigenvalue weighted by molar-refractivity contribution is 0.0977. The van der Waals surface area contributed by atoms with E-state index >= 15 is 0 Å². The molecule has 0 saturated heterocycles. The van der Waals surface area contributed by atoms with Crippen molar-refractivity contribution in [3.05, 3.63) is 78.2 Å². The molecule has 4 rings (SSSR count). The maximum atomic E-state index is 12.9. The van der Waals surface area contributed by atoms with Gasteiger partial charge in [0.15, 0.2) is 16.3 Å². The molecule has 0 saturated carbocycles. The van der Waals surface area contributed by atoms with Crippen LogP contribution in [0, 0.1) is 5.82 Å². The summed E-state index contributed by atoms with van der Waals surface area (Å²) in [5.74, 6) is -0.368. The molecule has 0 radical (unpaired) electrons. The number of hydrogen-bond acceptors (Lipinski definition) is 5. The zero-order chi connectivity index (χ0) is 19.5. The van der Waals surface area contributed by atoms with E-state index in [1.54, 1.807) is 30.5 Å². The Hall–Kier alpha value is -3.65. The van der Waals surface area contributed by atoms with E-state index in [1.165, 1.54) is 24.3 Å². The molecule has 8 heteroatoms. The van der Waals surface area contributed by atoms with Crippen molar-refractivity contribution in [3.63, 3.8) is 0 Å². The minimum Gasteiger partial charge on any atom is -0.434 e. The van der Waals surface area contributed by atoms with Crippen LogP contribution in [0.3, 0.4) is 0 Å². The molecule has 4 aromatic rings. The van der Waals surface area contributed by atoms with Gasteiger partial charge in [0, 0.05) is 23.0 Å². The average Bonchev–Trinajstić information content (AvgIpc) is 3.13. The third-order valence-electron chi connectivity index (χ3n) is 3.89. The Bertz CT molecular complexity index is 1120. The summed E-state index contributed by atoms with van der Waals surface area (Å²) in [7, 11) is 0.